The van der Waals surface area contributed by atoms with Crippen LogP contribution in [0.4, 0.5) is 0 Å². The van der Waals surface area contributed by atoms with Crippen LogP contribution in [-0.2, 0) is 32.2 Å². The highest BCUT2D eigenvalue weighted by molar-refractivity contribution is 5.76. The molecule has 0 N–H and O–H groups in total. The number of esters is 2. The minimum absolute atomic E-state index is 0.170. The second-order valence-corrected chi connectivity index (χ2v) is 4.59. The summed E-state index contributed by atoms with van der Waals surface area (Å²) in [5.74, 6) is -1.38. The minimum atomic E-state index is -0.665. The summed E-state index contributed by atoms with van der Waals surface area (Å²) in [5, 5.41) is 10.9. The number of benzene rings is 1. The number of hydrogen-bond acceptors (Lipinski definition) is 7. The highest BCUT2D eigenvalue weighted by Gasteiger charge is 2.23. The highest BCUT2D eigenvalue weighted by Crippen LogP contribution is 2.12. The molecule has 0 saturated heterocycles. The predicted molar refractivity (Wildman–Crippen MR) is 74.5 cm³/mol. The number of hydrogen-bond donors (Lipinski definition) is 0. The molecule has 2 rings (SSSR count). The van der Waals surface area contributed by atoms with Crippen molar-refractivity contribution in [3.63, 3.8) is 0 Å². The van der Waals surface area contributed by atoms with Crippen LogP contribution in [0.15, 0.2) is 30.3 Å². The van der Waals surface area contributed by atoms with Gasteiger partial charge in [0, 0.05) is 0 Å². The molecule has 1 heterocycles. The van der Waals surface area contributed by atoms with Gasteiger partial charge in [-0.05, 0) is 22.9 Å². The Morgan fingerprint density at radius 2 is 2.00 bits per heavy atom. The fourth-order valence-electron chi connectivity index (χ4n) is 1.82. The first-order valence-electron chi connectivity index (χ1n) is 6.65. The van der Waals surface area contributed by atoms with E-state index in [0.717, 1.165) is 5.56 Å². The Morgan fingerprint density at radius 3 is 2.68 bits per heavy atom. The number of methoxy groups -OCH3 is 1. The van der Waals surface area contributed by atoms with E-state index in [9.17, 15) is 9.59 Å². The Labute approximate surface area is 127 Å². The van der Waals surface area contributed by atoms with E-state index in [1.165, 1.54) is 11.8 Å². The summed E-state index contributed by atoms with van der Waals surface area (Å²) in [5.41, 5.74) is 0.885. The summed E-state index contributed by atoms with van der Waals surface area (Å²) < 4.78 is 11.0. The molecule has 0 amide bonds. The Balaban J connectivity index is 1.95. The van der Waals surface area contributed by atoms with Gasteiger partial charge in [0.2, 0.25) is 0 Å². The van der Waals surface area contributed by atoms with Crippen molar-refractivity contribution in [3.05, 3.63) is 41.7 Å². The average Bonchev–Trinajstić information content (AvgIpc) is 3.00. The van der Waals surface area contributed by atoms with Gasteiger partial charge in [0.15, 0.2) is 5.82 Å². The van der Waals surface area contributed by atoms with Gasteiger partial charge in [0.1, 0.15) is 19.1 Å². The molecular formula is C14H16N4O4. The monoisotopic (exact) mass is 304 g/mol. The maximum absolute atomic E-state index is 11.8. The van der Waals surface area contributed by atoms with Gasteiger partial charge in [0.05, 0.1) is 7.11 Å². The van der Waals surface area contributed by atoms with Gasteiger partial charge in [-0.15, -0.1) is 5.10 Å². The van der Waals surface area contributed by atoms with E-state index in [-0.39, 0.29) is 19.0 Å². The van der Waals surface area contributed by atoms with Crippen LogP contribution in [-0.4, -0.2) is 39.3 Å². The third-order valence-corrected chi connectivity index (χ3v) is 3.02. The lowest BCUT2D eigenvalue weighted by atomic mass is 10.2. The minimum Gasteiger partial charge on any atom is -0.468 e. The summed E-state index contributed by atoms with van der Waals surface area (Å²) in [6, 6.07) is 9.32. The molecule has 0 fully saturated rings. The van der Waals surface area contributed by atoms with Crippen LogP contribution in [0.3, 0.4) is 0 Å². The van der Waals surface area contributed by atoms with Gasteiger partial charge in [-0.2, -0.15) is 0 Å². The molecule has 0 aliphatic heterocycles. The molecule has 1 aromatic carbocycles. The topological polar surface area (TPSA) is 96.2 Å². The van der Waals surface area contributed by atoms with Crippen molar-refractivity contribution in [2.45, 2.75) is 26.0 Å². The van der Waals surface area contributed by atoms with Crippen molar-refractivity contribution in [2.24, 2.45) is 0 Å². The van der Waals surface area contributed by atoms with E-state index >= 15 is 0 Å². The second kappa shape index (κ2) is 7.30. The molecule has 2 aromatic rings. The van der Waals surface area contributed by atoms with E-state index in [1.807, 2.05) is 30.3 Å². The Kier molecular flexibility index (Phi) is 5.18. The smallest absolute Gasteiger partial charge is 0.328 e. The third kappa shape index (κ3) is 3.87. The largest absolute Gasteiger partial charge is 0.468 e. The molecule has 0 saturated carbocycles. The quantitative estimate of drug-likeness (QED) is 0.724. The molecule has 116 valence electrons. The van der Waals surface area contributed by atoms with Crippen LogP contribution in [0.1, 0.15) is 24.2 Å². The van der Waals surface area contributed by atoms with Crippen LogP contribution in [0, 0.1) is 0 Å². The van der Waals surface area contributed by atoms with Crippen LogP contribution in [0.5, 0.6) is 0 Å². The number of ether oxygens (including phenoxy) is 2. The molecule has 22 heavy (non-hydrogen) atoms. The Bertz CT molecular complexity index is 641. The first kappa shape index (κ1) is 15.6. The van der Waals surface area contributed by atoms with Crippen molar-refractivity contribution in [3.8, 4) is 0 Å². The van der Waals surface area contributed by atoms with E-state index in [4.69, 9.17) is 4.74 Å². The number of carbonyl (C=O) groups excluding carboxylic acids is 2. The lowest BCUT2D eigenvalue weighted by Gasteiger charge is -2.09. The number of tetrazole rings is 1. The van der Waals surface area contributed by atoms with Gasteiger partial charge >= 0.3 is 11.9 Å². The molecule has 0 spiro atoms. The molecule has 0 radical (unpaired) electrons. The van der Waals surface area contributed by atoms with Crippen molar-refractivity contribution >= 4 is 11.9 Å². The van der Waals surface area contributed by atoms with Crippen molar-refractivity contribution in [1.29, 1.82) is 0 Å². The summed E-state index contributed by atoms with van der Waals surface area (Å²) in [6.07, 6.45) is 0. The van der Waals surface area contributed by atoms with Crippen LogP contribution >= 0.6 is 0 Å². The van der Waals surface area contributed by atoms with E-state index < -0.39 is 17.9 Å². The fraction of sp³-hybridized carbons (Fsp3) is 0.357. The molecule has 0 bridgehead atoms. The van der Waals surface area contributed by atoms with Gasteiger partial charge in [-0.3, -0.25) is 9.59 Å². The van der Waals surface area contributed by atoms with Crippen molar-refractivity contribution < 1.29 is 19.1 Å². The summed E-state index contributed by atoms with van der Waals surface area (Å²) >= 11 is 0. The molecule has 1 unspecified atom stereocenters. The zero-order valence-corrected chi connectivity index (χ0v) is 12.3. The van der Waals surface area contributed by atoms with Crippen LogP contribution in [0.2, 0.25) is 0 Å². The maximum atomic E-state index is 11.8. The number of rotatable bonds is 6. The number of nitrogens with zero attached hydrogens (tertiary/aromatic N) is 4. The SMILES string of the molecule is COC(=O)C(C)c1nnnn1CC(=O)OCc1ccccc1. The van der Waals surface area contributed by atoms with Crippen molar-refractivity contribution in [1.82, 2.24) is 20.2 Å². The zero-order chi connectivity index (χ0) is 15.9. The normalized spacial score (nSPS) is 11.7. The van der Waals surface area contributed by atoms with Gasteiger partial charge in [-0.25, -0.2) is 4.68 Å². The zero-order valence-electron chi connectivity index (χ0n) is 12.3. The second-order valence-electron chi connectivity index (χ2n) is 4.59. The van der Waals surface area contributed by atoms with Gasteiger partial charge in [-0.1, -0.05) is 30.3 Å². The number of carbonyl (C=O) groups is 2. The third-order valence-electron chi connectivity index (χ3n) is 3.02. The van der Waals surface area contributed by atoms with Gasteiger partial charge < -0.3 is 9.47 Å². The first-order chi connectivity index (χ1) is 10.6. The van der Waals surface area contributed by atoms with Crippen LogP contribution in [0.25, 0.3) is 0 Å². The molecule has 8 nitrogen and oxygen atoms in total. The predicted octanol–water partition coefficient (Wildman–Crippen LogP) is 0.693. The summed E-state index contributed by atoms with van der Waals surface area (Å²) in [4.78, 5) is 23.4. The van der Waals surface area contributed by atoms with Gasteiger partial charge in [0.25, 0.3) is 0 Å². The number of aromatic nitrogens is 4. The van der Waals surface area contributed by atoms with E-state index in [1.54, 1.807) is 6.92 Å². The standard InChI is InChI=1S/C14H16N4O4/c1-10(14(20)21-2)13-15-16-17-18(13)8-12(19)22-9-11-6-4-3-5-7-11/h3-7,10H,8-9H2,1-2H3. The highest BCUT2D eigenvalue weighted by atomic mass is 16.5. The van der Waals surface area contributed by atoms with Crippen molar-refractivity contribution in [2.75, 3.05) is 7.11 Å². The lowest BCUT2D eigenvalue weighted by Crippen LogP contribution is -2.21. The first-order valence-corrected chi connectivity index (χ1v) is 6.65. The molecule has 0 aliphatic carbocycles. The lowest BCUT2D eigenvalue weighted by molar-refractivity contribution is -0.146. The molecule has 1 aromatic heterocycles. The maximum Gasteiger partial charge on any atom is 0.328 e. The van der Waals surface area contributed by atoms with Crippen LogP contribution < -0.4 is 0 Å². The average molecular weight is 304 g/mol. The molecular weight excluding hydrogens is 288 g/mol. The molecule has 0 aliphatic rings. The summed E-state index contributed by atoms with van der Waals surface area (Å²) in [6.45, 7) is 1.60. The summed E-state index contributed by atoms with van der Waals surface area (Å²) in [7, 11) is 1.28. The molecule has 1 atom stereocenters. The molecule has 8 heteroatoms. The fourth-order valence-corrected chi connectivity index (χ4v) is 1.82. The Morgan fingerprint density at radius 1 is 1.27 bits per heavy atom. The van der Waals surface area contributed by atoms with E-state index in [0.29, 0.717) is 0 Å². The Hall–Kier alpha value is -2.77. The van der Waals surface area contributed by atoms with E-state index in [2.05, 4.69) is 20.3 Å².